The molecule has 1 aromatic heterocycles. The zero-order valence-electron chi connectivity index (χ0n) is 13.3. The Morgan fingerprint density at radius 1 is 1.18 bits per heavy atom. The number of rotatable bonds is 4. The number of furan rings is 1. The van der Waals surface area contributed by atoms with Crippen LogP contribution in [0.2, 0.25) is 0 Å². The number of hydrogen-bond acceptors (Lipinski definition) is 6. The van der Waals surface area contributed by atoms with Crippen molar-refractivity contribution in [2.75, 3.05) is 14.2 Å². The highest BCUT2D eigenvalue weighted by molar-refractivity contribution is 5.94. The monoisotopic (exact) mass is 306 g/mol. The molecule has 2 heterocycles. The minimum atomic E-state index is -0.887. The third kappa shape index (κ3) is 3.57. The van der Waals surface area contributed by atoms with E-state index in [-0.39, 0.29) is 12.0 Å². The Morgan fingerprint density at radius 3 is 2.36 bits per heavy atom. The summed E-state index contributed by atoms with van der Waals surface area (Å²) >= 11 is 0. The first-order valence-corrected chi connectivity index (χ1v) is 7.20. The molecule has 0 aliphatic carbocycles. The quantitative estimate of drug-likeness (QED) is 0.924. The molecule has 1 aliphatic rings. The Hall–Kier alpha value is -2.08. The molecular formula is C16H22N2O4. The van der Waals surface area contributed by atoms with Crippen LogP contribution in [-0.4, -0.2) is 49.3 Å². The lowest BCUT2D eigenvalue weighted by atomic mass is 10.0. The third-order valence-corrected chi connectivity index (χ3v) is 3.41. The van der Waals surface area contributed by atoms with Crippen LogP contribution in [0.1, 0.15) is 19.6 Å². The lowest BCUT2D eigenvalue weighted by molar-refractivity contribution is 0.197. The van der Waals surface area contributed by atoms with E-state index in [9.17, 15) is 5.11 Å². The van der Waals surface area contributed by atoms with Gasteiger partial charge >= 0.3 is 0 Å². The van der Waals surface area contributed by atoms with Crippen molar-refractivity contribution in [3.05, 3.63) is 30.2 Å². The van der Waals surface area contributed by atoms with Gasteiger partial charge in [0.25, 0.3) is 0 Å². The molecule has 0 aromatic carbocycles. The van der Waals surface area contributed by atoms with E-state index in [1.165, 1.54) is 7.11 Å². The summed E-state index contributed by atoms with van der Waals surface area (Å²) in [5.74, 6) is 1.78. The van der Waals surface area contributed by atoms with E-state index in [4.69, 9.17) is 13.9 Å². The number of nitrogens with zero attached hydrogens (tertiary/aromatic N) is 2. The van der Waals surface area contributed by atoms with E-state index in [2.05, 4.69) is 9.98 Å². The predicted molar refractivity (Wildman–Crippen MR) is 85.1 cm³/mol. The molecule has 3 atom stereocenters. The van der Waals surface area contributed by atoms with Gasteiger partial charge in [0.15, 0.2) is 6.04 Å². The molecule has 0 unspecified atom stereocenters. The summed E-state index contributed by atoms with van der Waals surface area (Å²) < 4.78 is 15.8. The SMILES string of the molecule is COC1=N[C@H]([C@H](O)/C=C/c2ccco2)C(OC)=N[C@H]1C(C)C. The average molecular weight is 306 g/mol. The Morgan fingerprint density at radius 2 is 1.82 bits per heavy atom. The van der Waals surface area contributed by atoms with E-state index in [1.54, 1.807) is 37.7 Å². The van der Waals surface area contributed by atoms with Crippen molar-refractivity contribution >= 4 is 17.9 Å². The summed E-state index contributed by atoms with van der Waals surface area (Å²) in [5.41, 5.74) is 0. The van der Waals surface area contributed by atoms with Gasteiger partial charge in [-0.05, 0) is 30.2 Å². The number of hydrogen-bond donors (Lipinski definition) is 1. The predicted octanol–water partition coefficient (Wildman–Crippen LogP) is 2.15. The molecule has 0 bridgehead atoms. The van der Waals surface area contributed by atoms with Crippen molar-refractivity contribution in [1.29, 1.82) is 0 Å². The molecule has 0 radical (unpaired) electrons. The molecule has 2 rings (SSSR count). The van der Waals surface area contributed by atoms with Crippen LogP contribution in [0, 0.1) is 5.92 Å². The normalized spacial score (nSPS) is 23.4. The molecule has 22 heavy (non-hydrogen) atoms. The summed E-state index contributed by atoms with van der Waals surface area (Å²) in [5, 5.41) is 10.4. The summed E-state index contributed by atoms with van der Waals surface area (Å²) in [6.07, 6.45) is 3.98. The molecule has 120 valence electrons. The van der Waals surface area contributed by atoms with E-state index >= 15 is 0 Å². The van der Waals surface area contributed by atoms with Crippen LogP contribution < -0.4 is 0 Å². The van der Waals surface area contributed by atoms with Gasteiger partial charge in [-0.1, -0.05) is 13.8 Å². The fraction of sp³-hybridized carbons (Fsp3) is 0.500. The van der Waals surface area contributed by atoms with Crippen LogP contribution in [0.5, 0.6) is 0 Å². The van der Waals surface area contributed by atoms with Crippen LogP contribution >= 0.6 is 0 Å². The van der Waals surface area contributed by atoms with Crippen molar-refractivity contribution in [1.82, 2.24) is 0 Å². The van der Waals surface area contributed by atoms with Crippen molar-refractivity contribution in [3.8, 4) is 0 Å². The first-order chi connectivity index (χ1) is 10.6. The van der Waals surface area contributed by atoms with E-state index in [1.807, 2.05) is 13.8 Å². The molecule has 1 N–H and O–H groups in total. The van der Waals surface area contributed by atoms with Gasteiger partial charge in [0, 0.05) is 0 Å². The molecule has 0 saturated heterocycles. The standard InChI is InChI=1S/C16H22N2O4/c1-10(2)13-15(20-3)18-14(16(17-13)21-4)12(19)8-7-11-6-5-9-22-11/h5-10,12-14,19H,1-4H3/b8-7+/t12-,13+,14-/m1/s1. The number of aliphatic hydroxyl groups is 1. The highest BCUT2D eigenvalue weighted by Gasteiger charge is 2.33. The van der Waals surface area contributed by atoms with Crippen LogP contribution in [0.4, 0.5) is 0 Å². The van der Waals surface area contributed by atoms with Gasteiger partial charge in [-0.2, -0.15) is 0 Å². The maximum atomic E-state index is 10.4. The molecule has 6 heteroatoms. The zero-order chi connectivity index (χ0) is 16.1. The number of ether oxygens (including phenoxy) is 2. The maximum Gasteiger partial charge on any atom is 0.212 e. The van der Waals surface area contributed by atoms with E-state index in [0.717, 1.165) is 0 Å². The van der Waals surface area contributed by atoms with Gasteiger partial charge in [-0.15, -0.1) is 0 Å². The van der Waals surface area contributed by atoms with Gasteiger partial charge < -0.3 is 19.0 Å². The fourth-order valence-corrected chi connectivity index (χ4v) is 2.23. The smallest absolute Gasteiger partial charge is 0.212 e. The lowest BCUT2D eigenvalue weighted by Crippen LogP contribution is -2.42. The van der Waals surface area contributed by atoms with Gasteiger partial charge in [0.1, 0.15) is 17.9 Å². The first kappa shape index (κ1) is 16.3. The molecule has 0 amide bonds. The van der Waals surface area contributed by atoms with Crippen LogP contribution in [0.15, 0.2) is 38.9 Å². The maximum absolute atomic E-state index is 10.4. The second-order valence-corrected chi connectivity index (χ2v) is 5.34. The van der Waals surface area contributed by atoms with Crippen molar-refractivity contribution in [2.24, 2.45) is 15.9 Å². The Bertz CT molecular complexity index is 561. The molecule has 1 aromatic rings. The minimum Gasteiger partial charge on any atom is -0.483 e. The second kappa shape index (κ2) is 7.26. The Balaban J connectivity index is 2.21. The fourth-order valence-electron chi connectivity index (χ4n) is 2.23. The van der Waals surface area contributed by atoms with Crippen molar-refractivity contribution in [2.45, 2.75) is 32.0 Å². The van der Waals surface area contributed by atoms with Crippen LogP contribution in [0.3, 0.4) is 0 Å². The molecule has 1 aliphatic heterocycles. The molecule has 0 spiro atoms. The van der Waals surface area contributed by atoms with Gasteiger partial charge in [-0.25, -0.2) is 9.98 Å². The summed E-state index contributed by atoms with van der Waals surface area (Å²) in [6, 6.07) is 2.76. The Labute approximate surface area is 130 Å². The number of methoxy groups -OCH3 is 2. The van der Waals surface area contributed by atoms with Gasteiger partial charge in [-0.3, -0.25) is 0 Å². The van der Waals surface area contributed by atoms with Crippen molar-refractivity contribution in [3.63, 3.8) is 0 Å². The van der Waals surface area contributed by atoms with E-state index < -0.39 is 12.1 Å². The highest BCUT2D eigenvalue weighted by Crippen LogP contribution is 2.20. The highest BCUT2D eigenvalue weighted by atomic mass is 16.5. The van der Waals surface area contributed by atoms with Crippen molar-refractivity contribution < 1.29 is 19.0 Å². The zero-order valence-corrected chi connectivity index (χ0v) is 13.3. The summed E-state index contributed by atoms with van der Waals surface area (Å²) in [6.45, 7) is 4.06. The molecular weight excluding hydrogens is 284 g/mol. The van der Waals surface area contributed by atoms with Gasteiger partial charge in [0.05, 0.1) is 20.5 Å². The number of aliphatic imine (C=N–C) groups is 2. The first-order valence-electron chi connectivity index (χ1n) is 7.20. The lowest BCUT2D eigenvalue weighted by Gasteiger charge is -2.28. The minimum absolute atomic E-state index is 0.197. The van der Waals surface area contributed by atoms with Gasteiger partial charge in [0.2, 0.25) is 11.8 Å². The largest absolute Gasteiger partial charge is 0.483 e. The number of aliphatic hydroxyl groups excluding tert-OH is 1. The van der Waals surface area contributed by atoms with Crippen LogP contribution in [0.25, 0.3) is 6.08 Å². The second-order valence-electron chi connectivity index (χ2n) is 5.34. The summed E-state index contributed by atoms with van der Waals surface area (Å²) in [7, 11) is 3.09. The van der Waals surface area contributed by atoms with Crippen LogP contribution in [-0.2, 0) is 9.47 Å². The Kier molecular flexibility index (Phi) is 5.38. The third-order valence-electron chi connectivity index (χ3n) is 3.41. The molecule has 0 fully saturated rings. The van der Waals surface area contributed by atoms with E-state index in [0.29, 0.717) is 17.6 Å². The topological polar surface area (TPSA) is 76.5 Å². The average Bonchev–Trinajstić information content (AvgIpc) is 3.04. The summed E-state index contributed by atoms with van der Waals surface area (Å²) in [4.78, 5) is 8.98. The molecule has 6 nitrogen and oxygen atoms in total. The molecule has 0 saturated carbocycles.